The predicted molar refractivity (Wildman–Crippen MR) is 71.1 cm³/mol. The number of aryl methyl sites for hydroxylation is 1. The van der Waals surface area contributed by atoms with Gasteiger partial charge < -0.3 is 10.5 Å². The van der Waals surface area contributed by atoms with E-state index in [1.165, 1.54) is 6.20 Å². The van der Waals surface area contributed by atoms with Crippen LogP contribution in [-0.4, -0.2) is 37.0 Å². The zero-order chi connectivity index (χ0) is 14.0. The first-order chi connectivity index (χ1) is 8.94. The van der Waals surface area contributed by atoms with Crippen molar-refractivity contribution in [2.45, 2.75) is 50.3 Å². The highest BCUT2D eigenvalue weighted by Gasteiger charge is 2.31. The summed E-state index contributed by atoms with van der Waals surface area (Å²) in [5, 5.41) is 4.00. The number of rotatable bonds is 5. The SMILES string of the molecule is CCCn1cc(S(=O)(=O)NC2CCOC2C)c(N)n1. The number of nitrogen functional groups attached to an aromatic ring is 1. The normalized spacial score (nSPS) is 23.9. The lowest BCUT2D eigenvalue weighted by molar-refractivity contribution is 0.117. The molecule has 1 aliphatic heterocycles. The van der Waals surface area contributed by atoms with Gasteiger partial charge in [0.1, 0.15) is 4.90 Å². The molecule has 0 aromatic carbocycles. The van der Waals surface area contributed by atoms with Gasteiger partial charge in [-0.1, -0.05) is 6.92 Å². The van der Waals surface area contributed by atoms with Crippen molar-refractivity contribution in [2.24, 2.45) is 0 Å². The largest absolute Gasteiger partial charge is 0.381 e. The minimum atomic E-state index is -3.64. The smallest absolute Gasteiger partial charge is 0.246 e. The van der Waals surface area contributed by atoms with Gasteiger partial charge in [-0.05, 0) is 19.8 Å². The Hall–Kier alpha value is -1.12. The monoisotopic (exact) mass is 288 g/mol. The Morgan fingerprint density at radius 3 is 2.95 bits per heavy atom. The fraction of sp³-hybridized carbons (Fsp3) is 0.727. The van der Waals surface area contributed by atoms with E-state index in [1.54, 1.807) is 4.68 Å². The van der Waals surface area contributed by atoms with E-state index in [0.29, 0.717) is 19.6 Å². The van der Waals surface area contributed by atoms with Crippen molar-refractivity contribution in [3.63, 3.8) is 0 Å². The van der Waals surface area contributed by atoms with Crippen LogP contribution in [-0.2, 0) is 21.3 Å². The van der Waals surface area contributed by atoms with Crippen molar-refractivity contribution in [3.8, 4) is 0 Å². The van der Waals surface area contributed by atoms with Crippen LogP contribution in [0.15, 0.2) is 11.1 Å². The van der Waals surface area contributed by atoms with Gasteiger partial charge >= 0.3 is 0 Å². The van der Waals surface area contributed by atoms with Gasteiger partial charge in [-0.2, -0.15) is 5.10 Å². The molecule has 1 aromatic heterocycles. The molecule has 3 N–H and O–H groups in total. The number of anilines is 1. The van der Waals surface area contributed by atoms with Gasteiger partial charge in [0.2, 0.25) is 10.0 Å². The highest BCUT2D eigenvalue weighted by Crippen LogP contribution is 2.20. The fourth-order valence-corrected chi connectivity index (χ4v) is 3.53. The zero-order valence-corrected chi connectivity index (χ0v) is 12.0. The fourth-order valence-electron chi connectivity index (χ4n) is 2.12. The molecule has 108 valence electrons. The van der Waals surface area contributed by atoms with Gasteiger partial charge in [0, 0.05) is 19.3 Å². The Morgan fingerprint density at radius 2 is 2.37 bits per heavy atom. The maximum atomic E-state index is 12.3. The lowest BCUT2D eigenvalue weighted by atomic mass is 10.2. The van der Waals surface area contributed by atoms with Crippen LogP contribution in [0.4, 0.5) is 5.82 Å². The van der Waals surface area contributed by atoms with Crippen LogP contribution in [0.25, 0.3) is 0 Å². The summed E-state index contributed by atoms with van der Waals surface area (Å²) in [5.41, 5.74) is 5.68. The summed E-state index contributed by atoms with van der Waals surface area (Å²) in [5.74, 6) is 0.0347. The van der Waals surface area contributed by atoms with E-state index < -0.39 is 10.0 Å². The molecule has 1 saturated heterocycles. The quantitative estimate of drug-likeness (QED) is 0.813. The summed E-state index contributed by atoms with van der Waals surface area (Å²) < 4.78 is 34.1. The molecule has 7 nitrogen and oxygen atoms in total. The minimum absolute atomic E-state index is 0.0347. The van der Waals surface area contributed by atoms with Crippen molar-refractivity contribution >= 4 is 15.8 Å². The average Bonchev–Trinajstić information content (AvgIpc) is 2.87. The van der Waals surface area contributed by atoms with Gasteiger partial charge in [0.25, 0.3) is 0 Å². The second-order valence-electron chi connectivity index (χ2n) is 4.73. The lowest BCUT2D eigenvalue weighted by Crippen LogP contribution is -2.39. The summed E-state index contributed by atoms with van der Waals surface area (Å²) in [6.45, 7) is 5.05. The number of hydrogen-bond donors (Lipinski definition) is 2. The van der Waals surface area contributed by atoms with Gasteiger partial charge in [-0.25, -0.2) is 13.1 Å². The predicted octanol–water partition coefficient (Wildman–Crippen LogP) is 0.331. The molecule has 0 bridgehead atoms. The third kappa shape index (κ3) is 3.07. The van der Waals surface area contributed by atoms with Crippen LogP contribution >= 0.6 is 0 Å². The summed E-state index contributed by atoms with van der Waals surface area (Å²) in [7, 11) is -3.64. The Kier molecular flexibility index (Phi) is 4.12. The first-order valence-electron chi connectivity index (χ1n) is 6.41. The highest BCUT2D eigenvalue weighted by molar-refractivity contribution is 7.89. The Bertz CT molecular complexity index is 540. The molecule has 2 rings (SSSR count). The van der Waals surface area contributed by atoms with Crippen LogP contribution in [0.1, 0.15) is 26.7 Å². The van der Waals surface area contributed by atoms with E-state index in [4.69, 9.17) is 10.5 Å². The molecule has 1 aromatic rings. The van der Waals surface area contributed by atoms with Crippen molar-refractivity contribution in [2.75, 3.05) is 12.3 Å². The van der Waals surface area contributed by atoms with E-state index in [0.717, 1.165) is 6.42 Å². The van der Waals surface area contributed by atoms with Gasteiger partial charge in [-0.3, -0.25) is 4.68 Å². The van der Waals surface area contributed by atoms with Gasteiger partial charge in [0.15, 0.2) is 5.82 Å². The third-order valence-corrected chi connectivity index (χ3v) is 4.69. The molecule has 8 heteroatoms. The highest BCUT2D eigenvalue weighted by atomic mass is 32.2. The van der Waals surface area contributed by atoms with E-state index in [-0.39, 0.29) is 22.9 Å². The second-order valence-corrected chi connectivity index (χ2v) is 6.42. The molecule has 2 unspecified atom stereocenters. The molecule has 1 aliphatic rings. The van der Waals surface area contributed by atoms with Crippen molar-refractivity contribution in [1.82, 2.24) is 14.5 Å². The maximum absolute atomic E-state index is 12.3. The van der Waals surface area contributed by atoms with Gasteiger partial charge in [0.05, 0.1) is 12.1 Å². The molecule has 2 heterocycles. The van der Waals surface area contributed by atoms with Crippen molar-refractivity contribution in [1.29, 1.82) is 0 Å². The molecular formula is C11H20N4O3S. The van der Waals surface area contributed by atoms with E-state index in [2.05, 4.69) is 9.82 Å². The Balaban J connectivity index is 2.19. The van der Waals surface area contributed by atoms with E-state index in [9.17, 15) is 8.42 Å². The van der Waals surface area contributed by atoms with Crippen LogP contribution in [0.2, 0.25) is 0 Å². The molecule has 0 saturated carbocycles. The summed E-state index contributed by atoms with van der Waals surface area (Å²) >= 11 is 0. The number of nitrogens with one attached hydrogen (secondary N) is 1. The van der Waals surface area contributed by atoms with Crippen LogP contribution < -0.4 is 10.5 Å². The molecule has 2 atom stereocenters. The van der Waals surface area contributed by atoms with E-state index >= 15 is 0 Å². The molecule has 0 radical (unpaired) electrons. The number of ether oxygens (including phenoxy) is 1. The van der Waals surface area contributed by atoms with E-state index in [1.807, 2.05) is 13.8 Å². The molecule has 19 heavy (non-hydrogen) atoms. The Labute approximate surface area is 113 Å². The topological polar surface area (TPSA) is 99.2 Å². The van der Waals surface area contributed by atoms with Crippen LogP contribution in [0, 0.1) is 0 Å². The second kappa shape index (κ2) is 5.48. The lowest BCUT2D eigenvalue weighted by Gasteiger charge is -2.15. The number of nitrogens with zero attached hydrogens (tertiary/aromatic N) is 2. The first kappa shape index (κ1) is 14.3. The molecule has 0 amide bonds. The number of sulfonamides is 1. The minimum Gasteiger partial charge on any atom is -0.381 e. The van der Waals surface area contributed by atoms with Gasteiger partial charge in [-0.15, -0.1) is 0 Å². The van der Waals surface area contributed by atoms with Crippen molar-refractivity contribution in [3.05, 3.63) is 6.20 Å². The molecule has 0 spiro atoms. The van der Waals surface area contributed by atoms with Crippen LogP contribution in [0.5, 0.6) is 0 Å². The molecule has 1 fully saturated rings. The first-order valence-corrected chi connectivity index (χ1v) is 7.89. The summed E-state index contributed by atoms with van der Waals surface area (Å²) in [6.07, 6.45) is 2.88. The Morgan fingerprint density at radius 1 is 1.63 bits per heavy atom. The van der Waals surface area contributed by atoms with Crippen molar-refractivity contribution < 1.29 is 13.2 Å². The number of hydrogen-bond acceptors (Lipinski definition) is 5. The zero-order valence-electron chi connectivity index (χ0n) is 11.2. The summed E-state index contributed by atoms with van der Waals surface area (Å²) in [6, 6.07) is -0.209. The summed E-state index contributed by atoms with van der Waals surface area (Å²) in [4.78, 5) is 0.0417. The molecule has 0 aliphatic carbocycles. The van der Waals surface area contributed by atoms with Crippen LogP contribution in [0.3, 0.4) is 0 Å². The maximum Gasteiger partial charge on any atom is 0.246 e. The standard InChI is InChI=1S/C11H20N4O3S/c1-3-5-15-7-10(11(12)13-15)19(16,17)14-9-4-6-18-8(9)2/h7-9,14H,3-6H2,1-2H3,(H2,12,13). The molecular weight excluding hydrogens is 268 g/mol. The number of aromatic nitrogens is 2. The number of nitrogens with two attached hydrogens (primary N) is 1. The average molecular weight is 288 g/mol. The third-order valence-electron chi connectivity index (χ3n) is 3.18.